The highest BCUT2D eigenvalue weighted by atomic mass is 35.5. The van der Waals surface area contributed by atoms with Gasteiger partial charge in [0.15, 0.2) is 5.82 Å². The lowest BCUT2D eigenvalue weighted by Crippen LogP contribution is -2.15. The number of amides is 1. The van der Waals surface area contributed by atoms with E-state index in [-0.39, 0.29) is 12.3 Å². The molecule has 0 saturated heterocycles. The number of benzene rings is 1. The fourth-order valence-electron chi connectivity index (χ4n) is 3.05. The van der Waals surface area contributed by atoms with Gasteiger partial charge in [0, 0.05) is 23.5 Å². The first-order valence-corrected chi connectivity index (χ1v) is 9.15. The monoisotopic (exact) mass is 384 g/mol. The van der Waals surface area contributed by atoms with Crippen LogP contribution in [0, 0.1) is 12.7 Å². The van der Waals surface area contributed by atoms with Gasteiger partial charge in [-0.2, -0.15) is 5.10 Å². The normalized spacial score (nSPS) is 13.6. The Kier molecular flexibility index (Phi) is 4.66. The molecule has 4 rings (SSSR count). The van der Waals surface area contributed by atoms with Gasteiger partial charge in [-0.05, 0) is 50.1 Å². The number of nitrogens with zero attached hydrogens (tertiary/aromatic N) is 3. The molecule has 7 heteroatoms. The zero-order valence-electron chi connectivity index (χ0n) is 14.7. The highest BCUT2D eigenvalue weighted by molar-refractivity contribution is 6.32. The summed E-state index contributed by atoms with van der Waals surface area (Å²) >= 11 is 6.36. The Hall–Kier alpha value is -2.73. The first-order valence-electron chi connectivity index (χ1n) is 8.77. The third-order valence-corrected chi connectivity index (χ3v) is 4.98. The van der Waals surface area contributed by atoms with Crippen LogP contribution in [0.1, 0.15) is 35.8 Å². The van der Waals surface area contributed by atoms with Gasteiger partial charge >= 0.3 is 0 Å². The highest BCUT2D eigenvalue weighted by Gasteiger charge is 2.32. The minimum Gasteiger partial charge on any atom is -0.326 e. The quantitative estimate of drug-likeness (QED) is 0.708. The van der Waals surface area contributed by atoms with Crippen molar-refractivity contribution in [2.24, 2.45) is 0 Å². The van der Waals surface area contributed by atoms with Crippen LogP contribution in [0.15, 0.2) is 42.6 Å². The van der Waals surface area contributed by atoms with E-state index in [1.807, 2.05) is 13.0 Å². The predicted molar refractivity (Wildman–Crippen MR) is 102 cm³/mol. The molecule has 1 fully saturated rings. The van der Waals surface area contributed by atoms with Crippen LogP contribution < -0.4 is 5.32 Å². The van der Waals surface area contributed by atoms with Crippen LogP contribution in [-0.2, 0) is 11.2 Å². The summed E-state index contributed by atoms with van der Waals surface area (Å²) in [7, 11) is 0. The average molecular weight is 385 g/mol. The standard InChI is InChI=1S/C20H18ClFN4O/c1-12-19(21)20(13-5-6-13)26(25-12)17-8-7-15(10-16(17)22)24-18(27)11-14-4-2-3-9-23-14/h2-4,7-10,13H,5-6,11H2,1H3,(H,24,27). The SMILES string of the molecule is Cc1nn(-c2ccc(NC(=O)Cc3ccccn3)cc2F)c(C2CC2)c1Cl. The van der Waals surface area contributed by atoms with Crippen molar-refractivity contribution in [3.63, 3.8) is 0 Å². The maximum atomic E-state index is 14.8. The molecular formula is C20H18ClFN4O. The minimum atomic E-state index is -0.466. The molecule has 0 unspecified atom stereocenters. The van der Waals surface area contributed by atoms with E-state index in [1.54, 1.807) is 35.1 Å². The maximum absolute atomic E-state index is 14.8. The zero-order valence-corrected chi connectivity index (χ0v) is 15.5. The summed E-state index contributed by atoms with van der Waals surface area (Å²) in [5, 5.41) is 7.70. The molecule has 0 bridgehead atoms. The van der Waals surface area contributed by atoms with Gasteiger partial charge in [-0.25, -0.2) is 9.07 Å². The van der Waals surface area contributed by atoms with Gasteiger partial charge in [0.2, 0.25) is 5.91 Å². The van der Waals surface area contributed by atoms with Crippen LogP contribution in [0.5, 0.6) is 0 Å². The number of aromatic nitrogens is 3. The number of carbonyl (C=O) groups is 1. The Morgan fingerprint density at radius 3 is 2.81 bits per heavy atom. The molecule has 5 nitrogen and oxygen atoms in total. The second-order valence-corrected chi connectivity index (χ2v) is 7.06. The van der Waals surface area contributed by atoms with Crippen molar-refractivity contribution in [3.8, 4) is 5.69 Å². The van der Waals surface area contributed by atoms with E-state index in [2.05, 4.69) is 15.4 Å². The van der Waals surface area contributed by atoms with Crippen LogP contribution >= 0.6 is 11.6 Å². The van der Waals surface area contributed by atoms with Crippen molar-refractivity contribution in [3.05, 3.63) is 70.5 Å². The summed E-state index contributed by atoms with van der Waals surface area (Å²) in [4.78, 5) is 16.3. The van der Waals surface area contributed by atoms with Gasteiger partial charge in [-0.1, -0.05) is 17.7 Å². The van der Waals surface area contributed by atoms with Crippen molar-refractivity contribution in [1.29, 1.82) is 0 Å². The number of carbonyl (C=O) groups excluding carboxylic acids is 1. The number of aryl methyl sites for hydroxylation is 1. The third-order valence-electron chi connectivity index (χ3n) is 4.51. The van der Waals surface area contributed by atoms with Crippen molar-refractivity contribution >= 4 is 23.2 Å². The van der Waals surface area contributed by atoms with Crippen molar-refractivity contribution in [2.45, 2.75) is 32.1 Å². The lowest BCUT2D eigenvalue weighted by atomic mass is 10.2. The van der Waals surface area contributed by atoms with Crippen LogP contribution in [-0.4, -0.2) is 20.7 Å². The Labute approximate surface area is 161 Å². The summed E-state index contributed by atoms with van der Waals surface area (Å²) in [6, 6.07) is 9.95. The van der Waals surface area contributed by atoms with E-state index in [4.69, 9.17) is 11.6 Å². The summed E-state index contributed by atoms with van der Waals surface area (Å²) in [6.07, 6.45) is 3.83. The topological polar surface area (TPSA) is 59.8 Å². The van der Waals surface area contributed by atoms with E-state index in [9.17, 15) is 9.18 Å². The molecule has 2 heterocycles. The van der Waals surface area contributed by atoms with E-state index >= 15 is 0 Å². The Balaban J connectivity index is 1.55. The largest absolute Gasteiger partial charge is 0.326 e. The first kappa shape index (κ1) is 17.7. The van der Waals surface area contributed by atoms with Gasteiger partial charge in [0.1, 0.15) is 5.69 Å². The first-order chi connectivity index (χ1) is 13.0. The van der Waals surface area contributed by atoms with E-state index in [0.717, 1.165) is 18.5 Å². The average Bonchev–Trinajstić information content (AvgIpc) is 3.42. The van der Waals surface area contributed by atoms with Gasteiger partial charge < -0.3 is 5.32 Å². The van der Waals surface area contributed by atoms with Crippen LogP contribution in [0.4, 0.5) is 10.1 Å². The summed E-state index contributed by atoms with van der Waals surface area (Å²) < 4.78 is 16.3. The second-order valence-electron chi connectivity index (χ2n) is 6.68. The Morgan fingerprint density at radius 2 is 2.15 bits per heavy atom. The van der Waals surface area contributed by atoms with Crippen molar-refractivity contribution in [2.75, 3.05) is 5.32 Å². The molecule has 0 radical (unpaired) electrons. The van der Waals surface area contributed by atoms with Crippen LogP contribution in [0.3, 0.4) is 0 Å². The van der Waals surface area contributed by atoms with Gasteiger partial charge in [0.05, 0.1) is 22.8 Å². The second kappa shape index (κ2) is 7.12. The molecule has 1 aromatic carbocycles. The van der Waals surface area contributed by atoms with Crippen LogP contribution in [0.2, 0.25) is 5.02 Å². The number of hydrogen-bond acceptors (Lipinski definition) is 3. The molecule has 138 valence electrons. The molecule has 1 saturated carbocycles. The molecule has 0 aliphatic heterocycles. The molecule has 1 amide bonds. The van der Waals surface area contributed by atoms with Gasteiger partial charge in [-0.15, -0.1) is 0 Å². The van der Waals surface area contributed by atoms with Crippen molar-refractivity contribution in [1.82, 2.24) is 14.8 Å². The smallest absolute Gasteiger partial charge is 0.230 e. The van der Waals surface area contributed by atoms with Crippen LogP contribution in [0.25, 0.3) is 5.69 Å². The molecule has 2 aromatic heterocycles. The number of anilines is 1. The van der Waals surface area contributed by atoms with E-state index in [1.165, 1.54) is 6.07 Å². The summed E-state index contributed by atoms with van der Waals surface area (Å²) in [5.74, 6) is -0.389. The van der Waals surface area contributed by atoms with Gasteiger partial charge in [0.25, 0.3) is 0 Å². The zero-order chi connectivity index (χ0) is 19.0. The molecule has 27 heavy (non-hydrogen) atoms. The number of hydrogen-bond donors (Lipinski definition) is 1. The highest BCUT2D eigenvalue weighted by Crippen LogP contribution is 2.45. The van der Waals surface area contributed by atoms with Crippen molar-refractivity contribution < 1.29 is 9.18 Å². The number of pyridine rings is 1. The predicted octanol–water partition coefficient (Wildman–Crippen LogP) is 4.43. The molecule has 0 spiro atoms. The number of rotatable bonds is 5. The molecule has 1 aliphatic carbocycles. The lowest BCUT2D eigenvalue weighted by molar-refractivity contribution is -0.115. The lowest BCUT2D eigenvalue weighted by Gasteiger charge is -2.11. The fraction of sp³-hybridized carbons (Fsp3) is 0.250. The molecule has 3 aromatic rings. The van der Waals surface area contributed by atoms with E-state index in [0.29, 0.717) is 33.7 Å². The maximum Gasteiger partial charge on any atom is 0.230 e. The number of nitrogens with one attached hydrogen (secondary N) is 1. The van der Waals surface area contributed by atoms with E-state index < -0.39 is 5.82 Å². The summed E-state index contributed by atoms with van der Waals surface area (Å²) in [6.45, 7) is 1.81. The molecule has 1 N–H and O–H groups in total. The molecule has 1 aliphatic rings. The molecular weight excluding hydrogens is 367 g/mol. The fourth-order valence-corrected chi connectivity index (χ4v) is 3.32. The Bertz CT molecular complexity index is 999. The third kappa shape index (κ3) is 3.71. The number of halogens is 2. The van der Waals surface area contributed by atoms with Gasteiger partial charge in [-0.3, -0.25) is 9.78 Å². The Morgan fingerprint density at radius 1 is 1.33 bits per heavy atom. The molecule has 0 atom stereocenters. The minimum absolute atomic E-state index is 0.129. The summed E-state index contributed by atoms with van der Waals surface area (Å²) in [5.41, 5.74) is 2.92.